The maximum absolute atomic E-state index is 11.3. The van der Waals surface area contributed by atoms with E-state index in [2.05, 4.69) is 64.9 Å². The van der Waals surface area contributed by atoms with Gasteiger partial charge in [0.05, 0.1) is 12.2 Å². The van der Waals surface area contributed by atoms with Gasteiger partial charge in [0.15, 0.2) is 0 Å². The summed E-state index contributed by atoms with van der Waals surface area (Å²) >= 11 is 1.66. The van der Waals surface area contributed by atoms with Crippen LogP contribution in [-0.4, -0.2) is 40.1 Å². The number of aryl methyl sites for hydroxylation is 2. The molecule has 2 N–H and O–H groups in total. The molecule has 0 fully saturated rings. The molecule has 1 aromatic heterocycles. The highest BCUT2D eigenvalue weighted by atomic mass is 32.1. The molecule has 4 rings (SSSR count). The van der Waals surface area contributed by atoms with Crippen molar-refractivity contribution in [1.82, 2.24) is 4.90 Å². The van der Waals surface area contributed by atoms with E-state index < -0.39 is 11.9 Å². The van der Waals surface area contributed by atoms with Crippen LogP contribution >= 0.6 is 11.3 Å². The van der Waals surface area contributed by atoms with Crippen LogP contribution in [-0.2, 0) is 35.5 Å². The van der Waals surface area contributed by atoms with Gasteiger partial charge in [0.2, 0.25) is 0 Å². The number of nitrogens with zero attached hydrogens (tertiary/aromatic N) is 1. The molecule has 0 radical (unpaired) electrons. The summed E-state index contributed by atoms with van der Waals surface area (Å²) in [6.45, 7) is 2.47. The van der Waals surface area contributed by atoms with Gasteiger partial charge in [0, 0.05) is 24.4 Å². The number of carboxylic acid groups (broad SMARTS) is 2. The number of carbonyl (C=O) groups is 2. The van der Waals surface area contributed by atoms with E-state index in [0.29, 0.717) is 26.1 Å². The summed E-state index contributed by atoms with van der Waals surface area (Å²) < 4.78 is 6.50. The zero-order valence-corrected chi connectivity index (χ0v) is 24.0. The molecule has 41 heavy (non-hydrogen) atoms. The Morgan fingerprint density at radius 1 is 0.756 bits per heavy atom. The van der Waals surface area contributed by atoms with Crippen LogP contribution in [0.1, 0.15) is 62.9 Å². The minimum atomic E-state index is -0.947. The largest absolute Gasteiger partial charge is 0.481 e. The molecular formula is C34H37NO5S. The summed E-state index contributed by atoms with van der Waals surface area (Å²) in [5, 5.41) is 20.3. The summed E-state index contributed by atoms with van der Waals surface area (Å²) in [4.78, 5) is 25.7. The van der Waals surface area contributed by atoms with Crippen molar-refractivity contribution in [2.45, 2.75) is 51.4 Å². The van der Waals surface area contributed by atoms with Crippen LogP contribution in [0.2, 0.25) is 0 Å². The van der Waals surface area contributed by atoms with Crippen LogP contribution in [0, 0.1) is 0 Å². The Bertz CT molecular complexity index is 1340. The number of thiophene rings is 1. The zero-order chi connectivity index (χ0) is 28.9. The quantitative estimate of drug-likeness (QED) is 0.130. The molecule has 0 aliphatic carbocycles. The molecular weight excluding hydrogens is 534 g/mol. The highest BCUT2D eigenvalue weighted by Crippen LogP contribution is 2.26. The number of aliphatic carboxylic acids is 1. The first kappa shape index (κ1) is 30.2. The van der Waals surface area contributed by atoms with E-state index >= 15 is 0 Å². The van der Waals surface area contributed by atoms with Gasteiger partial charge in [-0.3, -0.25) is 9.69 Å². The fourth-order valence-electron chi connectivity index (χ4n) is 4.72. The van der Waals surface area contributed by atoms with Gasteiger partial charge in [-0.25, -0.2) is 4.79 Å². The number of rotatable bonds is 17. The highest BCUT2D eigenvalue weighted by Gasteiger charge is 2.19. The Morgan fingerprint density at radius 2 is 1.41 bits per heavy atom. The summed E-state index contributed by atoms with van der Waals surface area (Å²) in [7, 11) is 0. The van der Waals surface area contributed by atoms with Gasteiger partial charge >= 0.3 is 11.9 Å². The van der Waals surface area contributed by atoms with Crippen molar-refractivity contribution >= 4 is 23.3 Å². The normalized spacial score (nSPS) is 11.9. The molecule has 7 heteroatoms. The Hall–Kier alpha value is -3.78. The fourth-order valence-corrected chi connectivity index (χ4v) is 5.49. The average Bonchev–Trinajstić information content (AvgIpc) is 3.52. The van der Waals surface area contributed by atoms with Gasteiger partial charge in [-0.1, -0.05) is 72.8 Å². The maximum Gasteiger partial charge on any atom is 0.335 e. The monoisotopic (exact) mass is 571 g/mol. The molecule has 214 valence electrons. The first-order valence-corrected chi connectivity index (χ1v) is 14.9. The molecule has 3 aromatic carbocycles. The fraction of sp³-hybridized carbons (Fsp3) is 0.294. The Morgan fingerprint density at radius 3 is 2.05 bits per heavy atom. The zero-order valence-electron chi connectivity index (χ0n) is 23.2. The molecule has 0 aliphatic heterocycles. The summed E-state index contributed by atoms with van der Waals surface area (Å²) in [5.41, 5.74) is 5.02. The van der Waals surface area contributed by atoms with Crippen LogP contribution < -0.4 is 0 Å². The third-order valence-corrected chi connectivity index (χ3v) is 7.99. The lowest BCUT2D eigenvalue weighted by Gasteiger charge is -2.27. The number of aromatic carboxylic acids is 1. The van der Waals surface area contributed by atoms with Crippen molar-refractivity contribution in [3.8, 4) is 0 Å². The van der Waals surface area contributed by atoms with Crippen molar-refractivity contribution in [3.63, 3.8) is 0 Å². The van der Waals surface area contributed by atoms with Gasteiger partial charge in [0.1, 0.15) is 6.10 Å². The summed E-state index contributed by atoms with van der Waals surface area (Å²) in [5.74, 6) is -1.73. The van der Waals surface area contributed by atoms with E-state index in [1.54, 1.807) is 23.5 Å². The van der Waals surface area contributed by atoms with E-state index in [4.69, 9.17) is 9.84 Å². The van der Waals surface area contributed by atoms with Gasteiger partial charge in [-0.2, -0.15) is 0 Å². The van der Waals surface area contributed by atoms with Crippen LogP contribution in [0.4, 0.5) is 0 Å². The molecule has 0 bridgehead atoms. The summed E-state index contributed by atoms with van der Waals surface area (Å²) in [6, 6.07) is 30.2. The van der Waals surface area contributed by atoms with Crippen molar-refractivity contribution in [2.75, 3.05) is 13.1 Å². The first-order valence-electron chi connectivity index (χ1n) is 14.0. The van der Waals surface area contributed by atoms with Crippen LogP contribution in [0.25, 0.3) is 0 Å². The van der Waals surface area contributed by atoms with Gasteiger partial charge < -0.3 is 14.9 Å². The van der Waals surface area contributed by atoms with Gasteiger partial charge in [0.25, 0.3) is 0 Å². The molecule has 0 spiro atoms. The van der Waals surface area contributed by atoms with E-state index in [1.807, 2.05) is 24.3 Å². The van der Waals surface area contributed by atoms with E-state index in [0.717, 1.165) is 41.8 Å². The maximum atomic E-state index is 11.3. The van der Waals surface area contributed by atoms with E-state index in [9.17, 15) is 14.7 Å². The topological polar surface area (TPSA) is 87.1 Å². The minimum absolute atomic E-state index is 0.146. The van der Waals surface area contributed by atoms with Gasteiger partial charge in [-0.05, 0) is 78.1 Å². The lowest BCUT2D eigenvalue weighted by Crippen LogP contribution is -2.30. The molecule has 0 amide bonds. The van der Waals surface area contributed by atoms with Gasteiger partial charge in [-0.15, -0.1) is 11.3 Å². The highest BCUT2D eigenvalue weighted by molar-refractivity contribution is 7.10. The van der Waals surface area contributed by atoms with E-state index in [1.165, 1.54) is 11.1 Å². The molecule has 1 unspecified atom stereocenters. The number of hydrogen-bond acceptors (Lipinski definition) is 5. The Kier molecular flexibility index (Phi) is 11.7. The van der Waals surface area contributed by atoms with Crippen molar-refractivity contribution in [2.24, 2.45) is 0 Å². The number of carboxylic acids is 2. The van der Waals surface area contributed by atoms with Crippen LogP contribution in [0.3, 0.4) is 0 Å². The number of unbranched alkanes of at least 4 members (excludes halogenated alkanes) is 1. The Balaban J connectivity index is 1.39. The number of ether oxygens (including phenoxy) is 1. The first-order chi connectivity index (χ1) is 20.0. The minimum Gasteiger partial charge on any atom is -0.481 e. The average molecular weight is 572 g/mol. The molecule has 4 aromatic rings. The lowest BCUT2D eigenvalue weighted by atomic mass is 10.0. The molecule has 0 aliphatic rings. The predicted molar refractivity (Wildman–Crippen MR) is 162 cm³/mol. The molecule has 1 atom stereocenters. The van der Waals surface area contributed by atoms with Crippen molar-refractivity contribution in [1.29, 1.82) is 0 Å². The lowest BCUT2D eigenvalue weighted by molar-refractivity contribution is -0.137. The van der Waals surface area contributed by atoms with Crippen LogP contribution in [0.15, 0.2) is 96.4 Å². The smallest absolute Gasteiger partial charge is 0.335 e. The number of hydrogen-bond donors (Lipinski definition) is 2. The van der Waals surface area contributed by atoms with Crippen LogP contribution in [0.5, 0.6) is 0 Å². The van der Waals surface area contributed by atoms with Crippen molar-refractivity contribution in [3.05, 3.63) is 129 Å². The summed E-state index contributed by atoms with van der Waals surface area (Å²) in [6.07, 6.45) is 3.36. The second kappa shape index (κ2) is 15.9. The predicted octanol–water partition coefficient (Wildman–Crippen LogP) is 7.25. The Labute approximate surface area is 245 Å². The molecule has 0 saturated carbocycles. The molecule has 0 saturated heterocycles. The standard InChI is InChI=1S/C34H37NO5S/c36-33(37)10-4-5-21-35(23-28-17-19-30(20-18-28)34(38)39)24-31(32-9-6-22-41-32)40-25-29-15-13-27(14-16-29)12-11-26-7-2-1-3-8-26/h1-3,6-9,13-20,22,31H,4-5,10-12,21,23-25H2,(H,36,37)(H,38,39). The van der Waals surface area contributed by atoms with Crippen molar-refractivity contribution < 1.29 is 24.5 Å². The SMILES string of the molecule is O=C(O)CCCCN(Cc1ccc(C(=O)O)cc1)CC(OCc1ccc(CCc2ccccc2)cc1)c1cccs1. The third-order valence-electron chi connectivity index (χ3n) is 7.03. The number of benzene rings is 3. The molecule has 6 nitrogen and oxygen atoms in total. The molecule has 1 heterocycles. The third kappa shape index (κ3) is 10.3. The second-order valence-corrected chi connectivity index (χ2v) is 11.2. The van der Waals surface area contributed by atoms with E-state index in [-0.39, 0.29) is 18.1 Å². The second-order valence-electron chi connectivity index (χ2n) is 10.2.